The molecule has 0 aliphatic heterocycles. The lowest BCUT2D eigenvalue weighted by Crippen LogP contribution is -2.13. The predicted octanol–water partition coefficient (Wildman–Crippen LogP) is 4.25. The third-order valence-electron chi connectivity index (χ3n) is 4.88. The lowest BCUT2D eigenvalue weighted by atomic mass is 9.98. The van der Waals surface area contributed by atoms with E-state index in [1.165, 1.54) is 12.1 Å². The van der Waals surface area contributed by atoms with Gasteiger partial charge >= 0.3 is 0 Å². The molecule has 1 aromatic heterocycles. The molecule has 1 amide bonds. The van der Waals surface area contributed by atoms with Gasteiger partial charge in [0.25, 0.3) is 5.91 Å². The third-order valence-corrected chi connectivity index (χ3v) is 6.01. The highest BCUT2D eigenvalue weighted by Crippen LogP contribution is 2.25. The summed E-state index contributed by atoms with van der Waals surface area (Å²) in [7, 11) is -3.28. The second-order valence-corrected chi connectivity index (χ2v) is 9.21. The molecule has 31 heavy (non-hydrogen) atoms. The zero-order valence-corrected chi connectivity index (χ0v) is 17.7. The Morgan fingerprint density at radius 1 is 0.935 bits per heavy atom. The van der Waals surface area contributed by atoms with Gasteiger partial charge in [0.2, 0.25) is 0 Å². The van der Waals surface area contributed by atoms with Crippen molar-refractivity contribution in [1.29, 1.82) is 0 Å². The van der Waals surface area contributed by atoms with E-state index in [9.17, 15) is 13.2 Å². The second kappa shape index (κ2) is 8.57. The van der Waals surface area contributed by atoms with Crippen molar-refractivity contribution in [3.8, 4) is 11.1 Å². The highest BCUT2D eigenvalue weighted by atomic mass is 32.2. The van der Waals surface area contributed by atoms with Gasteiger partial charge in [-0.25, -0.2) is 8.42 Å². The number of anilines is 1. The number of hydrogen-bond donors (Lipinski definition) is 1. The van der Waals surface area contributed by atoms with E-state index < -0.39 is 9.84 Å². The maximum Gasteiger partial charge on any atom is 0.256 e. The summed E-state index contributed by atoms with van der Waals surface area (Å²) in [6.07, 6.45) is 4.81. The highest BCUT2D eigenvalue weighted by Gasteiger charge is 2.13. The molecule has 3 aromatic carbocycles. The predicted molar refractivity (Wildman–Crippen MR) is 121 cm³/mol. The molecule has 1 heterocycles. The van der Waals surface area contributed by atoms with Crippen LogP contribution in [0.3, 0.4) is 0 Å². The van der Waals surface area contributed by atoms with Crippen LogP contribution < -0.4 is 5.32 Å². The van der Waals surface area contributed by atoms with Gasteiger partial charge in [0.1, 0.15) is 0 Å². The first-order chi connectivity index (χ1) is 14.9. The first-order valence-corrected chi connectivity index (χ1v) is 11.6. The fraction of sp³-hybridized carbons (Fsp3) is 0.0833. The molecule has 0 saturated heterocycles. The summed E-state index contributed by atoms with van der Waals surface area (Å²) in [5, 5.41) is 7.06. The van der Waals surface area contributed by atoms with Crippen LogP contribution in [0.15, 0.2) is 96.2 Å². The minimum absolute atomic E-state index is 0.209. The standard InChI is InChI=1S/C24H21N3O3S/c1-31(29,30)21-13-11-20(12-14-21)26-24(28)23-6-3-2-5-22(23)19-9-7-18(8-10-19)17-27-16-4-15-25-27/h2-16H,17H2,1H3,(H,26,28). The Bertz CT molecular complexity index is 1300. The third kappa shape index (κ3) is 4.90. The number of nitrogens with one attached hydrogen (secondary N) is 1. The minimum Gasteiger partial charge on any atom is -0.322 e. The Hall–Kier alpha value is -3.71. The second-order valence-electron chi connectivity index (χ2n) is 7.20. The monoisotopic (exact) mass is 431 g/mol. The van der Waals surface area contributed by atoms with Crippen molar-refractivity contribution in [3.63, 3.8) is 0 Å². The molecule has 0 unspecified atom stereocenters. The van der Waals surface area contributed by atoms with Crippen LogP contribution >= 0.6 is 0 Å². The number of benzene rings is 3. The van der Waals surface area contributed by atoms with Crippen LogP contribution in [-0.4, -0.2) is 30.4 Å². The molecule has 0 bridgehead atoms. The van der Waals surface area contributed by atoms with Crippen LogP contribution in [0.25, 0.3) is 11.1 Å². The summed E-state index contributed by atoms with van der Waals surface area (Å²) in [6, 6.07) is 23.4. The van der Waals surface area contributed by atoms with E-state index >= 15 is 0 Å². The van der Waals surface area contributed by atoms with Crippen LogP contribution in [0.5, 0.6) is 0 Å². The molecule has 4 aromatic rings. The number of sulfone groups is 1. The first-order valence-electron chi connectivity index (χ1n) is 9.67. The van der Waals surface area contributed by atoms with E-state index in [2.05, 4.69) is 10.4 Å². The molecule has 0 radical (unpaired) electrons. The summed E-state index contributed by atoms with van der Waals surface area (Å²) >= 11 is 0. The Balaban J connectivity index is 1.54. The molecular formula is C24H21N3O3S. The van der Waals surface area contributed by atoms with E-state index in [1.807, 2.05) is 59.4 Å². The van der Waals surface area contributed by atoms with Crippen molar-refractivity contribution >= 4 is 21.4 Å². The normalized spacial score (nSPS) is 11.3. The molecule has 7 heteroatoms. The Labute approximate surface area is 181 Å². The lowest BCUT2D eigenvalue weighted by Gasteiger charge is -2.11. The molecule has 0 atom stereocenters. The van der Waals surface area contributed by atoms with Crippen LogP contribution in [0.1, 0.15) is 15.9 Å². The number of carbonyl (C=O) groups excluding carboxylic acids is 1. The number of carbonyl (C=O) groups is 1. The van der Waals surface area contributed by atoms with E-state index in [4.69, 9.17) is 0 Å². The topological polar surface area (TPSA) is 81.1 Å². The van der Waals surface area contributed by atoms with Crippen molar-refractivity contribution < 1.29 is 13.2 Å². The van der Waals surface area contributed by atoms with Gasteiger partial charge in [-0.1, -0.05) is 42.5 Å². The van der Waals surface area contributed by atoms with Gasteiger partial charge in [0, 0.05) is 29.9 Å². The average molecular weight is 432 g/mol. The number of nitrogens with zero attached hydrogens (tertiary/aromatic N) is 2. The number of hydrogen-bond acceptors (Lipinski definition) is 4. The van der Waals surface area contributed by atoms with Gasteiger partial charge in [-0.15, -0.1) is 0 Å². The van der Waals surface area contributed by atoms with Gasteiger partial charge in [-0.05, 0) is 53.1 Å². The molecule has 4 rings (SSSR count). The molecule has 1 N–H and O–H groups in total. The quantitative estimate of drug-likeness (QED) is 0.495. The van der Waals surface area contributed by atoms with Crippen molar-refractivity contribution in [2.75, 3.05) is 11.6 Å². The smallest absolute Gasteiger partial charge is 0.256 e. The van der Waals surface area contributed by atoms with E-state index in [1.54, 1.807) is 24.4 Å². The zero-order valence-electron chi connectivity index (χ0n) is 16.9. The first kappa shape index (κ1) is 20.6. The number of aromatic nitrogens is 2. The summed E-state index contributed by atoms with van der Waals surface area (Å²) in [6.45, 7) is 0.679. The van der Waals surface area contributed by atoms with Gasteiger partial charge in [0.15, 0.2) is 9.84 Å². The van der Waals surface area contributed by atoms with E-state index in [0.29, 0.717) is 17.8 Å². The fourth-order valence-electron chi connectivity index (χ4n) is 3.29. The highest BCUT2D eigenvalue weighted by molar-refractivity contribution is 7.90. The Morgan fingerprint density at radius 2 is 1.65 bits per heavy atom. The van der Waals surface area contributed by atoms with Crippen molar-refractivity contribution in [3.05, 3.63) is 102 Å². The molecule has 0 aliphatic rings. The summed E-state index contributed by atoms with van der Waals surface area (Å²) in [5.41, 5.74) is 3.93. The van der Waals surface area contributed by atoms with Gasteiger partial charge < -0.3 is 5.32 Å². The molecule has 0 saturated carbocycles. The number of rotatable bonds is 6. The van der Waals surface area contributed by atoms with Crippen LogP contribution in [0.2, 0.25) is 0 Å². The van der Waals surface area contributed by atoms with Crippen molar-refractivity contribution in [1.82, 2.24) is 9.78 Å². The fourth-order valence-corrected chi connectivity index (χ4v) is 3.92. The van der Waals surface area contributed by atoms with E-state index in [-0.39, 0.29) is 10.8 Å². The van der Waals surface area contributed by atoms with Crippen molar-refractivity contribution in [2.45, 2.75) is 11.4 Å². The maximum atomic E-state index is 12.9. The lowest BCUT2D eigenvalue weighted by molar-refractivity contribution is 0.102. The Kier molecular flexibility index (Phi) is 5.68. The summed E-state index contributed by atoms with van der Waals surface area (Å²) in [4.78, 5) is 13.1. The molecule has 6 nitrogen and oxygen atoms in total. The molecule has 0 aliphatic carbocycles. The average Bonchev–Trinajstić information content (AvgIpc) is 3.27. The van der Waals surface area contributed by atoms with Crippen molar-refractivity contribution in [2.24, 2.45) is 0 Å². The minimum atomic E-state index is -3.28. The Morgan fingerprint density at radius 3 is 2.29 bits per heavy atom. The maximum absolute atomic E-state index is 12.9. The van der Waals surface area contributed by atoms with Gasteiger partial charge in [-0.3, -0.25) is 9.48 Å². The summed E-state index contributed by atoms with van der Waals surface area (Å²) in [5.74, 6) is -0.261. The van der Waals surface area contributed by atoms with Gasteiger partial charge in [0.05, 0.1) is 11.4 Å². The van der Waals surface area contributed by atoms with Crippen LogP contribution in [0.4, 0.5) is 5.69 Å². The molecule has 156 valence electrons. The van der Waals surface area contributed by atoms with Crippen LogP contribution in [-0.2, 0) is 16.4 Å². The zero-order chi connectivity index (χ0) is 21.8. The SMILES string of the molecule is CS(=O)(=O)c1ccc(NC(=O)c2ccccc2-c2ccc(Cn3cccn3)cc2)cc1. The summed E-state index contributed by atoms with van der Waals surface area (Å²) < 4.78 is 25.1. The van der Waals surface area contributed by atoms with Gasteiger partial charge in [-0.2, -0.15) is 5.10 Å². The largest absolute Gasteiger partial charge is 0.322 e. The van der Waals surface area contributed by atoms with Crippen LogP contribution in [0, 0.1) is 0 Å². The molecule has 0 spiro atoms. The van der Waals surface area contributed by atoms with E-state index in [0.717, 1.165) is 22.9 Å². The molecule has 0 fully saturated rings. The molecular weight excluding hydrogens is 410 g/mol. The number of amides is 1.